The van der Waals surface area contributed by atoms with Crippen LogP contribution in [-0.4, -0.2) is 80.3 Å². The van der Waals surface area contributed by atoms with Crippen molar-refractivity contribution in [2.24, 2.45) is 4.99 Å². The van der Waals surface area contributed by atoms with Crippen molar-refractivity contribution < 1.29 is 13.2 Å². The molecule has 0 aromatic rings. The topological polar surface area (TPSA) is 42.9 Å². The van der Waals surface area contributed by atoms with Crippen LogP contribution in [0.25, 0.3) is 0 Å². The van der Waals surface area contributed by atoms with Crippen LogP contribution in [0.15, 0.2) is 4.99 Å². The number of nitrogens with zero attached hydrogens (tertiary/aromatic N) is 3. The molecule has 0 atom stereocenters. The Labute approximate surface area is 174 Å². The van der Waals surface area contributed by atoms with E-state index in [2.05, 4.69) is 48.2 Å². The van der Waals surface area contributed by atoms with Gasteiger partial charge in [-0.15, -0.1) is 24.0 Å². The van der Waals surface area contributed by atoms with Crippen molar-refractivity contribution in [2.75, 3.05) is 46.3 Å². The minimum absolute atomic E-state index is 0. The largest absolute Gasteiger partial charge is 0.401 e. The first-order chi connectivity index (χ1) is 11.6. The Balaban J connectivity index is 0. The first kappa shape index (κ1) is 27.9. The zero-order valence-electron chi connectivity index (χ0n) is 17.0. The summed E-state index contributed by atoms with van der Waals surface area (Å²) in [6.07, 6.45) is -3.56. The second kappa shape index (κ2) is 14.7. The summed E-state index contributed by atoms with van der Waals surface area (Å²) >= 11 is 0. The van der Waals surface area contributed by atoms with Crippen molar-refractivity contribution in [2.45, 2.75) is 59.3 Å². The van der Waals surface area contributed by atoms with Gasteiger partial charge in [0.25, 0.3) is 0 Å². The first-order valence-corrected chi connectivity index (χ1v) is 9.10. The lowest BCUT2D eigenvalue weighted by molar-refractivity contribution is -0.143. The molecule has 0 spiro atoms. The quantitative estimate of drug-likeness (QED) is 0.200. The van der Waals surface area contributed by atoms with Crippen molar-refractivity contribution in [3.63, 3.8) is 0 Å². The molecule has 0 fully saturated rings. The third-order valence-electron chi connectivity index (χ3n) is 3.75. The fourth-order valence-corrected chi connectivity index (χ4v) is 2.67. The smallest absolute Gasteiger partial charge is 0.357 e. The third-order valence-corrected chi connectivity index (χ3v) is 3.75. The summed E-state index contributed by atoms with van der Waals surface area (Å²) in [7, 11) is 1.48. The summed E-state index contributed by atoms with van der Waals surface area (Å²) in [6, 6.07) is 0.955. The molecule has 0 aliphatic carbocycles. The van der Waals surface area contributed by atoms with Gasteiger partial charge in [-0.1, -0.05) is 0 Å². The van der Waals surface area contributed by atoms with Gasteiger partial charge < -0.3 is 10.6 Å². The van der Waals surface area contributed by atoms with E-state index in [0.717, 1.165) is 19.6 Å². The van der Waals surface area contributed by atoms with Gasteiger partial charge in [-0.3, -0.25) is 14.8 Å². The van der Waals surface area contributed by atoms with Crippen LogP contribution in [0.4, 0.5) is 13.2 Å². The van der Waals surface area contributed by atoms with Gasteiger partial charge >= 0.3 is 6.18 Å². The van der Waals surface area contributed by atoms with Crippen LogP contribution in [-0.2, 0) is 0 Å². The molecule has 0 unspecified atom stereocenters. The molecule has 158 valence electrons. The van der Waals surface area contributed by atoms with Gasteiger partial charge in [-0.05, 0) is 54.6 Å². The highest BCUT2D eigenvalue weighted by molar-refractivity contribution is 14.0. The van der Waals surface area contributed by atoms with Crippen molar-refractivity contribution in [1.82, 2.24) is 20.4 Å². The fourth-order valence-electron chi connectivity index (χ4n) is 2.67. The molecule has 0 rings (SSSR count). The number of hydrogen-bond acceptors (Lipinski definition) is 3. The zero-order chi connectivity index (χ0) is 19.5. The molecule has 0 aromatic heterocycles. The van der Waals surface area contributed by atoms with Crippen molar-refractivity contribution >= 4 is 29.9 Å². The van der Waals surface area contributed by atoms with Crippen LogP contribution in [0.3, 0.4) is 0 Å². The van der Waals surface area contributed by atoms with E-state index in [0.29, 0.717) is 37.6 Å². The SMILES string of the molecule is CCNC(=NCCCN(C)CC(F)(F)F)NCCN(C(C)C)C(C)C.I. The maximum atomic E-state index is 12.3. The molecule has 0 saturated carbocycles. The number of halogens is 4. The summed E-state index contributed by atoms with van der Waals surface area (Å²) in [6.45, 7) is 13.1. The lowest BCUT2D eigenvalue weighted by Gasteiger charge is -2.30. The van der Waals surface area contributed by atoms with Crippen molar-refractivity contribution in [1.29, 1.82) is 0 Å². The fraction of sp³-hybridized carbons (Fsp3) is 0.941. The van der Waals surface area contributed by atoms with E-state index in [1.807, 2.05) is 6.92 Å². The molecule has 0 aliphatic rings. The van der Waals surface area contributed by atoms with E-state index in [4.69, 9.17) is 0 Å². The minimum Gasteiger partial charge on any atom is -0.357 e. The van der Waals surface area contributed by atoms with Gasteiger partial charge in [0, 0.05) is 38.3 Å². The Morgan fingerprint density at radius 2 is 1.62 bits per heavy atom. The average Bonchev–Trinajstić information content (AvgIpc) is 2.45. The van der Waals surface area contributed by atoms with Crippen LogP contribution in [0.1, 0.15) is 41.0 Å². The van der Waals surface area contributed by atoms with Gasteiger partial charge in [-0.2, -0.15) is 13.2 Å². The lowest BCUT2D eigenvalue weighted by Crippen LogP contribution is -2.45. The molecule has 0 aliphatic heterocycles. The van der Waals surface area contributed by atoms with Crippen LogP contribution in [0, 0.1) is 0 Å². The Hall–Kier alpha value is -0.290. The Bertz CT molecular complexity index is 368. The number of alkyl halides is 3. The maximum Gasteiger partial charge on any atom is 0.401 e. The highest BCUT2D eigenvalue weighted by atomic mass is 127. The number of aliphatic imine (C=N–C) groups is 1. The van der Waals surface area contributed by atoms with Gasteiger partial charge in [-0.25, -0.2) is 0 Å². The molecule has 0 amide bonds. The van der Waals surface area contributed by atoms with Crippen molar-refractivity contribution in [3.05, 3.63) is 0 Å². The number of nitrogens with one attached hydrogen (secondary N) is 2. The van der Waals surface area contributed by atoms with E-state index < -0.39 is 12.7 Å². The lowest BCUT2D eigenvalue weighted by atomic mass is 10.2. The number of guanidine groups is 1. The van der Waals surface area contributed by atoms with E-state index in [1.165, 1.54) is 11.9 Å². The van der Waals surface area contributed by atoms with Gasteiger partial charge in [0.15, 0.2) is 5.96 Å². The molecular weight excluding hydrogens is 458 g/mol. The van der Waals surface area contributed by atoms with Crippen molar-refractivity contribution in [3.8, 4) is 0 Å². The van der Waals surface area contributed by atoms with Crippen LogP contribution < -0.4 is 10.6 Å². The monoisotopic (exact) mass is 495 g/mol. The van der Waals surface area contributed by atoms with E-state index in [-0.39, 0.29) is 24.0 Å². The van der Waals surface area contributed by atoms with Crippen LogP contribution in [0.2, 0.25) is 0 Å². The van der Waals surface area contributed by atoms with E-state index in [9.17, 15) is 13.2 Å². The summed E-state index contributed by atoms with van der Waals surface area (Å²) in [4.78, 5) is 8.10. The van der Waals surface area contributed by atoms with Crippen LogP contribution >= 0.6 is 24.0 Å². The molecule has 9 heteroatoms. The Morgan fingerprint density at radius 1 is 1.04 bits per heavy atom. The Morgan fingerprint density at radius 3 is 2.08 bits per heavy atom. The molecule has 26 heavy (non-hydrogen) atoms. The van der Waals surface area contributed by atoms with E-state index in [1.54, 1.807) is 0 Å². The summed E-state index contributed by atoms with van der Waals surface area (Å²) in [5.41, 5.74) is 0. The summed E-state index contributed by atoms with van der Waals surface area (Å²) in [5.74, 6) is 0.716. The number of rotatable bonds is 11. The predicted octanol–water partition coefficient (Wildman–Crippen LogP) is 3.16. The molecule has 0 radical (unpaired) electrons. The average molecular weight is 495 g/mol. The molecule has 0 saturated heterocycles. The predicted molar refractivity (Wildman–Crippen MR) is 115 cm³/mol. The molecule has 2 N–H and O–H groups in total. The molecule has 0 bridgehead atoms. The molecular formula is C17H37F3IN5. The third kappa shape index (κ3) is 14.8. The molecule has 0 heterocycles. The maximum absolute atomic E-state index is 12.3. The minimum atomic E-state index is -4.15. The highest BCUT2D eigenvalue weighted by Crippen LogP contribution is 2.15. The second-order valence-electron chi connectivity index (χ2n) is 6.82. The summed E-state index contributed by atoms with van der Waals surface area (Å²) in [5, 5.41) is 6.46. The summed E-state index contributed by atoms with van der Waals surface area (Å²) < 4.78 is 36.8. The zero-order valence-corrected chi connectivity index (χ0v) is 19.3. The molecule has 0 aromatic carbocycles. The van der Waals surface area contributed by atoms with E-state index >= 15 is 0 Å². The standard InChI is InChI=1S/C17H36F3N5.HI/c1-7-21-16(23-10-12-25(14(2)3)15(4)5)22-9-8-11-24(6)13-17(18,19)20;/h14-15H,7-13H2,1-6H3,(H2,21,22,23);1H. The molecule has 5 nitrogen and oxygen atoms in total. The second-order valence-corrected chi connectivity index (χ2v) is 6.82. The van der Waals surface area contributed by atoms with Gasteiger partial charge in [0.1, 0.15) is 0 Å². The highest BCUT2D eigenvalue weighted by Gasteiger charge is 2.28. The van der Waals surface area contributed by atoms with Gasteiger partial charge in [0.2, 0.25) is 0 Å². The Kier molecular flexibility index (Phi) is 15.8. The van der Waals surface area contributed by atoms with Gasteiger partial charge in [0.05, 0.1) is 6.54 Å². The number of hydrogen-bond donors (Lipinski definition) is 2. The van der Waals surface area contributed by atoms with Crippen LogP contribution in [0.5, 0.6) is 0 Å². The normalized spacial score (nSPS) is 12.9. The first-order valence-electron chi connectivity index (χ1n) is 9.10.